The number of aryl methyl sites for hydroxylation is 1. The van der Waals surface area contributed by atoms with E-state index in [0.29, 0.717) is 11.8 Å². The van der Waals surface area contributed by atoms with E-state index in [0.717, 1.165) is 26.3 Å². The van der Waals surface area contributed by atoms with Crippen molar-refractivity contribution in [2.45, 2.75) is 19.8 Å². The van der Waals surface area contributed by atoms with E-state index in [4.69, 9.17) is 9.47 Å². The Balaban J connectivity index is 2.71. The maximum Gasteiger partial charge on any atom is 0.0587 e. The lowest BCUT2D eigenvalue weighted by atomic mass is 9.85. The van der Waals surface area contributed by atoms with Crippen LogP contribution in [0.1, 0.15) is 24.0 Å². The molecular formula is C16H27NO2. The molecule has 1 N–H and O–H groups in total. The third-order valence-corrected chi connectivity index (χ3v) is 3.55. The zero-order chi connectivity index (χ0) is 14.1. The van der Waals surface area contributed by atoms with Gasteiger partial charge in [0.05, 0.1) is 6.61 Å². The van der Waals surface area contributed by atoms with E-state index in [-0.39, 0.29) is 0 Å². The molecule has 1 rings (SSSR count). The first kappa shape index (κ1) is 16.2. The quantitative estimate of drug-likeness (QED) is 0.696. The van der Waals surface area contributed by atoms with Gasteiger partial charge in [-0.2, -0.15) is 0 Å². The second kappa shape index (κ2) is 9.08. The third-order valence-electron chi connectivity index (χ3n) is 3.55. The normalized spacial score (nSPS) is 14.3. The van der Waals surface area contributed by atoms with Gasteiger partial charge in [-0.15, -0.1) is 0 Å². The highest BCUT2D eigenvalue weighted by molar-refractivity contribution is 5.30. The molecule has 0 heterocycles. The van der Waals surface area contributed by atoms with Crippen LogP contribution in [0.3, 0.4) is 0 Å². The number of benzene rings is 1. The fraction of sp³-hybridized carbons (Fsp3) is 0.625. The van der Waals surface area contributed by atoms with Crippen molar-refractivity contribution in [3.05, 3.63) is 35.4 Å². The van der Waals surface area contributed by atoms with Crippen LogP contribution in [0.4, 0.5) is 0 Å². The number of hydrogen-bond acceptors (Lipinski definition) is 3. The highest BCUT2D eigenvalue weighted by atomic mass is 16.5. The molecule has 2 atom stereocenters. The van der Waals surface area contributed by atoms with E-state index in [1.807, 2.05) is 0 Å². The number of rotatable bonds is 9. The summed E-state index contributed by atoms with van der Waals surface area (Å²) in [7, 11) is 3.50. The number of ether oxygens (including phenoxy) is 2. The zero-order valence-electron chi connectivity index (χ0n) is 12.6. The Morgan fingerprint density at radius 1 is 1.16 bits per heavy atom. The summed E-state index contributed by atoms with van der Waals surface area (Å²) >= 11 is 0. The summed E-state index contributed by atoms with van der Waals surface area (Å²) in [5.74, 6) is 0.958. The highest BCUT2D eigenvalue weighted by Crippen LogP contribution is 2.26. The maximum atomic E-state index is 5.32. The Hall–Kier alpha value is -0.900. The average molecular weight is 265 g/mol. The molecule has 0 aromatic heterocycles. The number of methoxy groups -OCH3 is 2. The second-order valence-corrected chi connectivity index (χ2v) is 5.09. The van der Waals surface area contributed by atoms with Crippen LogP contribution in [0.15, 0.2) is 24.3 Å². The summed E-state index contributed by atoms with van der Waals surface area (Å²) < 4.78 is 10.4. The van der Waals surface area contributed by atoms with E-state index >= 15 is 0 Å². The first-order valence-corrected chi connectivity index (χ1v) is 6.94. The molecule has 1 aromatic carbocycles. The molecule has 19 heavy (non-hydrogen) atoms. The van der Waals surface area contributed by atoms with Gasteiger partial charge in [0.15, 0.2) is 0 Å². The molecular weight excluding hydrogens is 238 g/mol. The lowest BCUT2D eigenvalue weighted by Gasteiger charge is -2.26. The molecule has 0 aliphatic heterocycles. The van der Waals surface area contributed by atoms with Crippen molar-refractivity contribution in [2.75, 3.05) is 40.5 Å². The molecule has 1 aromatic rings. The van der Waals surface area contributed by atoms with Crippen LogP contribution in [-0.4, -0.2) is 40.5 Å². The SMILES string of the molecule is COCCNCC(c1ccccc1C)C(C)COC. The molecule has 0 saturated carbocycles. The van der Waals surface area contributed by atoms with Gasteiger partial charge in [0, 0.05) is 39.8 Å². The number of hydrogen-bond donors (Lipinski definition) is 1. The standard InChI is InChI=1S/C16H27NO2/c1-13-7-5-6-8-15(13)16(14(2)12-19-4)11-17-9-10-18-3/h5-8,14,16-17H,9-12H2,1-4H3. The first-order valence-electron chi connectivity index (χ1n) is 6.94. The minimum atomic E-state index is 0.470. The Bertz CT molecular complexity index is 354. The van der Waals surface area contributed by atoms with Crippen molar-refractivity contribution in [1.29, 1.82) is 0 Å². The average Bonchev–Trinajstić information content (AvgIpc) is 2.40. The molecule has 0 aliphatic carbocycles. The molecule has 0 bridgehead atoms. The molecule has 0 aliphatic rings. The lowest BCUT2D eigenvalue weighted by Crippen LogP contribution is -2.30. The van der Waals surface area contributed by atoms with E-state index in [1.165, 1.54) is 11.1 Å². The Morgan fingerprint density at radius 3 is 2.53 bits per heavy atom. The Morgan fingerprint density at radius 2 is 1.89 bits per heavy atom. The summed E-state index contributed by atoms with van der Waals surface area (Å²) in [6.07, 6.45) is 0. The second-order valence-electron chi connectivity index (χ2n) is 5.09. The summed E-state index contributed by atoms with van der Waals surface area (Å²) in [4.78, 5) is 0. The van der Waals surface area contributed by atoms with Crippen molar-refractivity contribution in [1.82, 2.24) is 5.32 Å². The van der Waals surface area contributed by atoms with E-state index in [9.17, 15) is 0 Å². The van der Waals surface area contributed by atoms with Gasteiger partial charge in [-0.1, -0.05) is 31.2 Å². The van der Waals surface area contributed by atoms with Crippen molar-refractivity contribution in [2.24, 2.45) is 5.92 Å². The summed E-state index contributed by atoms with van der Waals surface area (Å²) in [5.41, 5.74) is 2.76. The van der Waals surface area contributed by atoms with Crippen molar-refractivity contribution in [3.8, 4) is 0 Å². The van der Waals surface area contributed by atoms with Gasteiger partial charge >= 0.3 is 0 Å². The van der Waals surface area contributed by atoms with Crippen LogP contribution in [-0.2, 0) is 9.47 Å². The van der Waals surface area contributed by atoms with Gasteiger partial charge in [0.1, 0.15) is 0 Å². The summed E-state index contributed by atoms with van der Waals surface area (Å²) in [5, 5.41) is 3.47. The summed E-state index contributed by atoms with van der Waals surface area (Å²) in [6, 6.07) is 8.61. The minimum Gasteiger partial charge on any atom is -0.384 e. The fourth-order valence-corrected chi connectivity index (χ4v) is 2.43. The lowest BCUT2D eigenvalue weighted by molar-refractivity contribution is 0.144. The largest absolute Gasteiger partial charge is 0.384 e. The van der Waals surface area contributed by atoms with Crippen LogP contribution in [0.25, 0.3) is 0 Å². The topological polar surface area (TPSA) is 30.5 Å². The Labute approximate surface area is 117 Å². The fourth-order valence-electron chi connectivity index (χ4n) is 2.43. The zero-order valence-corrected chi connectivity index (χ0v) is 12.6. The smallest absolute Gasteiger partial charge is 0.0587 e. The van der Waals surface area contributed by atoms with E-state index in [2.05, 4.69) is 43.4 Å². The van der Waals surface area contributed by atoms with Gasteiger partial charge in [0.2, 0.25) is 0 Å². The van der Waals surface area contributed by atoms with Crippen LogP contribution in [0.2, 0.25) is 0 Å². The molecule has 3 nitrogen and oxygen atoms in total. The molecule has 2 unspecified atom stereocenters. The maximum absolute atomic E-state index is 5.32. The predicted octanol–water partition coefficient (Wildman–Crippen LogP) is 2.60. The van der Waals surface area contributed by atoms with Crippen LogP contribution in [0.5, 0.6) is 0 Å². The molecule has 0 amide bonds. The highest BCUT2D eigenvalue weighted by Gasteiger charge is 2.20. The molecule has 108 valence electrons. The molecule has 0 fully saturated rings. The van der Waals surface area contributed by atoms with Crippen molar-refractivity contribution in [3.63, 3.8) is 0 Å². The Kier molecular flexibility index (Phi) is 7.72. The predicted molar refractivity (Wildman–Crippen MR) is 79.7 cm³/mol. The van der Waals surface area contributed by atoms with Crippen molar-refractivity contribution < 1.29 is 9.47 Å². The van der Waals surface area contributed by atoms with E-state index < -0.39 is 0 Å². The first-order chi connectivity index (χ1) is 9.20. The van der Waals surface area contributed by atoms with Gasteiger partial charge in [-0.3, -0.25) is 0 Å². The molecule has 0 saturated heterocycles. The monoisotopic (exact) mass is 265 g/mol. The number of nitrogens with one attached hydrogen (secondary N) is 1. The van der Waals surface area contributed by atoms with Gasteiger partial charge in [-0.05, 0) is 24.0 Å². The van der Waals surface area contributed by atoms with Crippen LogP contribution < -0.4 is 5.32 Å². The molecule has 0 spiro atoms. The van der Waals surface area contributed by atoms with Crippen LogP contribution in [0, 0.1) is 12.8 Å². The summed E-state index contributed by atoms with van der Waals surface area (Å²) in [6.45, 7) is 7.80. The van der Waals surface area contributed by atoms with Crippen molar-refractivity contribution >= 4 is 0 Å². The third kappa shape index (κ3) is 5.31. The minimum absolute atomic E-state index is 0.470. The van der Waals surface area contributed by atoms with Gasteiger partial charge in [-0.25, -0.2) is 0 Å². The molecule has 0 radical (unpaired) electrons. The van der Waals surface area contributed by atoms with Gasteiger partial charge < -0.3 is 14.8 Å². The van der Waals surface area contributed by atoms with E-state index in [1.54, 1.807) is 14.2 Å². The van der Waals surface area contributed by atoms with Gasteiger partial charge in [0.25, 0.3) is 0 Å². The van der Waals surface area contributed by atoms with Crippen LogP contribution >= 0.6 is 0 Å². The molecule has 3 heteroatoms.